The highest BCUT2D eigenvalue weighted by atomic mass is 14.9. The highest BCUT2D eigenvalue weighted by molar-refractivity contribution is 5.44. The first-order valence-corrected chi connectivity index (χ1v) is 3.57. The van der Waals surface area contributed by atoms with Crippen molar-refractivity contribution in [3.8, 4) is 0 Å². The van der Waals surface area contributed by atoms with Gasteiger partial charge in [-0.15, -0.1) is 0 Å². The van der Waals surface area contributed by atoms with E-state index in [0.29, 0.717) is 0 Å². The molecule has 0 saturated carbocycles. The number of hydrogen-bond acceptors (Lipinski definition) is 2. The monoisotopic (exact) mass is 148 g/mol. The Morgan fingerprint density at radius 3 is 2.45 bits per heavy atom. The van der Waals surface area contributed by atoms with Crippen LogP contribution in [0, 0.1) is 0 Å². The molecule has 0 aliphatic carbocycles. The number of nitrogens with one attached hydrogen (secondary N) is 2. The third-order valence-corrected chi connectivity index (χ3v) is 1.27. The van der Waals surface area contributed by atoms with Crippen LogP contribution < -0.4 is 10.6 Å². The van der Waals surface area contributed by atoms with Crippen LogP contribution in [0.4, 0.5) is 5.69 Å². The molecule has 0 saturated heterocycles. The van der Waals surface area contributed by atoms with Gasteiger partial charge in [-0.1, -0.05) is 18.2 Å². The van der Waals surface area contributed by atoms with E-state index in [1.54, 1.807) is 0 Å². The molecule has 2 heteroatoms. The first kappa shape index (κ1) is 7.66. The van der Waals surface area contributed by atoms with Crippen molar-refractivity contribution in [1.82, 2.24) is 5.32 Å². The van der Waals surface area contributed by atoms with Crippen LogP contribution >= 0.6 is 0 Å². The van der Waals surface area contributed by atoms with E-state index in [0.717, 1.165) is 5.69 Å². The number of anilines is 1. The molecule has 1 aromatic rings. The Bertz CT molecular complexity index is 216. The second-order valence-electron chi connectivity index (χ2n) is 2.13. The van der Waals surface area contributed by atoms with Gasteiger partial charge in [0.2, 0.25) is 0 Å². The highest BCUT2D eigenvalue weighted by Gasteiger charge is 1.81. The Kier molecular flexibility index (Phi) is 3.06. The van der Waals surface area contributed by atoms with Gasteiger partial charge in [0, 0.05) is 25.1 Å². The fourth-order valence-electron chi connectivity index (χ4n) is 0.756. The van der Waals surface area contributed by atoms with E-state index < -0.39 is 0 Å². The van der Waals surface area contributed by atoms with E-state index in [4.69, 9.17) is 0 Å². The van der Waals surface area contributed by atoms with Gasteiger partial charge in [-0.3, -0.25) is 0 Å². The molecule has 0 heterocycles. The lowest BCUT2D eigenvalue weighted by Crippen LogP contribution is -1.94. The van der Waals surface area contributed by atoms with Crippen molar-refractivity contribution in [3.63, 3.8) is 0 Å². The van der Waals surface area contributed by atoms with E-state index >= 15 is 0 Å². The zero-order valence-electron chi connectivity index (χ0n) is 6.54. The molecule has 0 bridgehead atoms. The van der Waals surface area contributed by atoms with Gasteiger partial charge in [0.15, 0.2) is 0 Å². The minimum Gasteiger partial charge on any atom is -0.393 e. The molecule has 1 rings (SSSR count). The maximum absolute atomic E-state index is 3.10. The molecule has 2 nitrogen and oxygen atoms in total. The maximum Gasteiger partial charge on any atom is 0.0380 e. The molecule has 0 fully saturated rings. The number of hydrogen-bond donors (Lipinski definition) is 2. The van der Waals surface area contributed by atoms with Crippen LogP contribution in [0.3, 0.4) is 0 Å². The standard InChI is InChI=1S/C9H12N2/c1-10-7-8-11-9-5-3-2-4-6-9/h2-8,10-11H,1H3/b8-7-. The van der Waals surface area contributed by atoms with Crippen molar-refractivity contribution < 1.29 is 0 Å². The Morgan fingerprint density at radius 2 is 1.82 bits per heavy atom. The normalized spacial score (nSPS) is 9.91. The molecule has 0 aromatic heterocycles. The third kappa shape index (κ3) is 2.76. The zero-order valence-corrected chi connectivity index (χ0v) is 6.54. The zero-order chi connectivity index (χ0) is 7.94. The first-order chi connectivity index (χ1) is 5.43. The molecule has 1 aromatic carbocycles. The molecule has 0 amide bonds. The van der Waals surface area contributed by atoms with Gasteiger partial charge in [0.1, 0.15) is 0 Å². The first-order valence-electron chi connectivity index (χ1n) is 3.57. The van der Waals surface area contributed by atoms with E-state index in [2.05, 4.69) is 10.6 Å². The van der Waals surface area contributed by atoms with E-state index in [1.807, 2.05) is 49.8 Å². The highest BCUT2D eigenvalue weighted by Crippen LogP contribution is 2.03. The lowest BCUT2D eigenvalue weighted by molar-refractivity contribution is 1.10. The predicted octanol–water partition coefficient (Wildman–Crippen LogP) is 1.79. The molecule has 58 valence electrons. The lowest BCUT2D eigenvalue weighted by Gasteiger charge is -1.97. The SMILES string of the molecule is CN/C=C\Nc1ccccc1. The summed E-state index contributed by atoms with van der Waals surface area (Å²) < 4.78 is 0. The van der Waals surface area contributed by atoms with Crippen LogP contribution in [0.2, 0.25) is 0 Å². The van der Waals surface area contributed by atoms with Gasteiger partial charge in [-0.25, -0.2) is 0 Å². The summed E-state index contributed by atoms with van der Waals surface area (Å²) in [4.78, 5) is 0. The van der Waals surface area contributed by atoms with Crippen molar-refractivity contribution in [2.75, 3.05) is 12.4 Å². The van der Waals surface area contributed by atoms with Gasteiger partial charge in [0.25, 0.3) is 0 Å². The lowest BCUT2D eigenvalue weighted by atomic mass is 10.3. The van der Waals surface area contributed by atoms with Crippen molar-refractivity contribution >= 4 is 5.69 Å². The number of rotatable bonds is 3. The van der Waals surface area contributed by atoms with Crippen LogP contribution in [-0.2, 0) is 0 Å². The van der Waals surface area contributed by atoms with Gasteiger partial charge >= 0.3 is 0 Å². The number of benzene rings is 1. The predicted molar refractivity (Wildman–Crippen MR) is 48.3 cm³/mol. The molecule has 0 aliphatic rings. The van der Waals surface area contributed by atoms with Gasteiger partial charge in [-0.05, 0) is 12.1 Å². The Morgan fingerprint density at radius 1 is 1.09 bits per heavy atom. The van der Waals surface area contributed by atoms with Crippen LogP contribution in [0.5, 0.6) is 0 Å². The second kappa shape index (κ2) is 4.39. The van der Waals surface area contributed by atoms with E-state index in [1.165, 1.54) is 0 Å². The summed E-state index contributed by atoms with van der Waals surface area (Å²) in [5.74, 6) is 0. The van der Waals surface area contributed by atoms with E-state index in [-0.39, 0.29) is 0 Å². The summed E-state index contributed by atoms with van der Waals surface area (Å²) in [6.45, 7) is 0. The molecule has 0 unspecified atom stereocenters. The summed E-state index contributed by atoms with van der Waals surface area (Å²) in [7, 11) is 1.86. The molecular weight excluding hydrogens is 136 g/mol. The molecule has 11 heavy (non-hydrogen) atoms. The van der Waals surface area contributed by atoms with E-state index in [9.17, 15) is 0 Å². The van der Waals surface area contributed by atoms with Crippen molar-refractivity contribution in [2.45, 2.75) is 0 Å². The van der Waals surface area contributed by atoms with Gasteiger partial charge in [-0.2, -0.15) is 0 Å². The average Bonchev–Trinajstić information content (AvgIpc) is 2.07. The smallest absolute Gasteiger partial charge is 0.0380 e. The summed E-state index contributed by atoms with van der Waals surface area (Å²) >= 11 is 0. The minimum absolute atomic E-state index is 1.10. The second-order valence-corrected chi connectivity index (χ2v) is 2.13. The average molecular weight is 148 g/mol. The van der Waals surface area contributed by atoms with Crippen LogP contribution in [0.25, 0.3) is 0 Å². The summed E-state index contributed by atoms with van der Waals surface area (Å²) in [6, 6.07) is 10.0. The molecule has 0 spiro atoms. The maximum atomic E-state index is 3.10. The molecule has 0 aliphatic heterocycles. The molecule has 0 radical (unpaired) electrons. The molecule has 2 N–H and O–H groups in total. The van der Waals surface area contributed by atoms with Gasteiger partial charge in [0.05, 0.1) is 0 Å². The fraction of sp³-hybridized carbons (Fsp3) is 0.111. The Labute approximate surface area is 66.9 Å². The summed E-state index contributed by atoms with van der Waals surface area (Å²) in [5, 5.41) is 6.00. The fourth-order valence-corrected chi connectivity index (χ4v) is 0.756. The molecule has 0 atom stereocenters. The van der Waals surface area contributed by atoms with Crippen molar-refractivity contribution in [3.05, 3.63) is 42.7 Å². The quantitative estimate of drug-likeness (QED) is 0.682. The van der Waals surface area contributed by atoms with Gasteiger partial charge < -0.3 is 10.6 Å². The van der Waals surface area contributed by atoms with Crippen LogP contribution in [0.1, 0.15) is 0 Å². The van der Waals surface area contributed by atoms with Crippen molar-refractivity contribution in [2.24, 2.45) is 0 Å². The topological polar surface area (TPSA) is 24.1 Å². The number of para-hydroxylation sites is 1. The van der Waals surface area contributed by atoms with Crippen molar-refractivity contribution in [1.29, 1.82) is 0 Å². The largest absolute Gasteiger partial charge is 0.393 e. The Hall–Kier alpha value is -1.44. The minimum atomic E-state index is 1.10. The Balaban J connectivity index is 2.45. The summed E-state index contributed by atoms with van der Waals surface area (Å²) in [5.41, 5.74) is 1.10. The van der Waals surface area contributed by atoms with Crippen LogP contribution in [-0.4, -0.2) is 7.05 Å². The summed E-state index contributed by atoms with van der Waals surface area (Å²) in [6.07, 6.45) is 3.70. The molecular formula is C9H12N2. The van der Waals surface area contributed by atoms with Crippen LogP contribution in [0.15, 0.2) is 42.7 Å². The third-order valence-electron chi connectivity index (χ3n) is 1.27.